The number of rotatable bonds is 2. The van der Waals surface area contributed by atoms with Crippen LogP contribution in [0.5, 0.6) is 0 Å². The van der Waals surface area contributed by atoms with E-state index in [1.54, 1.807) is 17.2 Å². The van der Waals surface area contributed by atoms with Gasteiger partial charge in [-0.3, -0.25) is 4.79 Å². The number of hydrogen-bond donors (Lipinski definition) is 3. The number of amides is 1. The standard InChI is InChI=1S/C10H15N3O2/c11-7-4-9(12-5-7)10(15)13-3-1-2-8(13)6-14/h4-5,8,12,14H,1-3,6,11H2. The van der Waals surface area contributed by atoms with Gasteiger partial charge in [0, 0.05) is 18.4 Å². The first-order chi connectivity index (χ1) is 7.22. The average molecular weight is 209 g/mol. The maximum atomic E-state index is 12.0. The van der Waals surface area contributed by atoms with E-state index in [-0.39, 0.29) is 18.6 Å². The van der Waals surface area contributed by atoms with Crippen molar-refractivity contribution in [3.05, 3.63) is 18.0 Å². The van der Waals surface area contributed by atoms with Gasteiger partial charge in [-0.2, -0.15) is 0 Å². The number of carbonyl (C=O) groups is 1. The second-order valence-corrected chi connectivity index (χ2v) is 3.82. The predicted octanol–water partition coefficient (Wildman–Crippen LogP) is 0.194. The van der Waals surface area contributed by atoms with E-state index < -0.39 is 0 Å². The first kappa shape index (κ1) is 10.0. The molecule has 1 aliphatic heterocycles. The highest BCUT2D eigenvalue weighted by Gasteiger charge is 2.29. The minimum atomic E-state index is -0.0803. The van der Waals surface area contributed by atoms with Crippen molar-refractivity contribution in [3.8, 4) is 0 Å². The molecular formula is C10H15N3O2. The number of aliphatic hydroxyl groups is 1. The van der Waals surface area contributed by atoms with Crippen molar-refractivity contribution in [3.63, 3.8) is 0 Å². The lowest BCUT2D eigenvalue weighted by atomic mass is 10.2. The van der Waals surface area contributed by atoms with Gasteiger partial charge in [-0.05, 0) is 18.9 Å². The number of nitrogens with two attached hydrogens (primary N) is 1. The number of nitrogens with one attached hydrogen (secondary N) is 1. The Bertz CT molecular complexity index is 361. The van der Waals surface area contributed by atoms with Crippen LogP contribution in [0, 0.1) is 0 Å². The lowest BCUT2D eigenvalue weighted by Crippen LogP contribution is -2.37. The third-order valence-electron chi connectivity index (χ3n) is 2.78. The maximum absolute atomic E-state index is 12.0. The van der Waals surface area contributed by atoms with Crippen molar-refractivity contribution in [2.75, 3.05) is 18.9 Å². The van der Waals surface area contributed by atoms with E-state index in [4.69, 9.17) is 10.8 Å². The number of nitrogens with zero attached hydrogens (tertiary/aromatic N) is 1. The average Bonchev–Trinajstić information content (AvgIpc) is 2.84. The van der Waals surface area contributed by atoms with E-state index in [0.29, 0.717) is 17.9 Å². The number of nitrogen functional groups attached to an aromatic ring is 1. The van der Waals surface area contributed by atoms with Crippen LogP contribution in [0.2, 0.25) is 0 Å². The van der Waals surface area contributed by atoms with Crippen molar-refractivity contribution in [2.24, 2.45) is 0 Å². The van der Waals surface area contributed by atoms with Crippen LogP contribution >= 0.6 is 0 Å². The third-order valence-corrected chi connectivity index (χ3v) is 2.78. The lowest BCUT2D eigenvalue weighted by Gasteiger charge is -2.22. The highest BCUT2D eigenvalue weighted by molar-refractivity contribution is 5.93. The van der Waals surface area contributed by atoms with E-state index >= 15 is 0 Å². The molecule has 1 aromatic rings. The van der Waals surface area contributed by atoms with Gasteiger partial charge < -0.3 is 20.7 Å². The molecule has 2 heterocycles. The van der Waals surface area contributed by atoms with Crippen molar-refractivity contribution < 1.29 is 9.90 Å². The fourth-order valence-electron chi connectivity index (χ4n) is 1.98. The number of aromatic nitrogens is 1. The Morgan fingerprint density at radius 2 is 2.53 bits per heavy atom. The monoisotopic (exact) mass is 209 g/mol. The molecule has 1 amide bonds. The van der Waals surface area contributed by atoms with Gasteiger partial charge in [0.1, 0.15) is 5.69 Å². The van der Waals surface area contributed by atoms with Crippen LogP contribution in [-0.4, -0.2) is 40.1 Å². The maximum Gasteiger partial charge on any atom is 0.270 e. The highest BCUT2D eigenvalue weighted by Crippen LogP contribution is 2.19. The van der Waals surface area contributed by atoms with Gasteiger partial charge in [0.15, 0.2) is 0 Å². The van der Waals surface area contributed by atoms with Crippen LogP contribution in [0.1, 0.15) is 23.3 Å². The fourth-order valence-corrected chi connectivity index (χ4v) is 1.98. The van der Waals surface area contributed by atoms with E-state index in [0.717, 1.165) is 12.8 Å². The Kier molecular flexibility index (Phi) is 2.64. The summed E-state index contributed by atoms with van der Waals surface area (Å²) in [5.41, 5.74) is 6.58. The highest BCUT2D eigenvalue weighted by atomic mass is 16.3. The summed E-state index contributed by atoms with van der Waals surface area (Å²) < 4.78 is 0. The molecule has 1 fully saturated rings. The van der Waals surface area contributed by atoms with Crippen LogP contribution in [0.15, 0.2) is 12.3 Å². The van der Waals surface area contributed by atoms with Gasteiger partial charge in [0.05, 0.1) is 12.6 Å². The first-order valence-corrected chi connectivity index (χ1v) is 5.08. The SMILES string of the molecule is Nc1c[nH]c(C(=O)N2CCCC2CO)c1. The summed E-state index contributed by atoms with van der Waals surface area (Å²) in [6.45, 7) is 0.741. The molecule has 15 heavy (non-hydrogen) atoms. The summed E-state index contributed by atoms with van der Waals surface area (Å²) in [5, 5.41) is 9.11. The molecule has 4 N–H and O–H groups in total. The van der Waals surface area contributed by atoms with Crippen molar-refractivity contribution in [2.45, 2.75) is 18.9 Å². The zero-order valence-electron chi connectivity index (χ0n) is 8.44. The normalized spacial score (nSPS) is 20.9. The Hall–Kier alpha value is -1.49. The van der Waals surface area contributed by atoms with Gasteiger partial charge in [0.2, 0.25) is 0 Å². The molecule has 1 unspecified atom stereocenters. The quantitative estimate of drug-likeness (QED) is 0.650. The second-order valence-electron chi connectivity index (χ2n) is 3.82. The van der Waals surface area contributed by atoms with Gasteiger partial charge in [-0.25, -0.2) is 0 Å². The fraction of sp³-hybridized carbons (Fsp3) is 0.500. The number of aliphatic hydroxyl groups excluding tert-OH is 1. The Balaban J connectivity index is 2.13. The molecule has 0 aliphatic carbocycles. The minimum absolute atomic E-state index is 0.0297. The van der Waals surface area contributed by atoms with E-state index in [2.05, 4.69) is 4.98 Å². The molecule has 5 heteroatoms. The molecule has 0 radical (unpaired) electrons. The zero-order chi connectivity index (χ0) is 10.8. The van der Waals surface area contributed by atoms with Gasteiger partial charge in [-0.15, -0.1) is 0 Å². The molecule has 1 atom stereocenters. The third kappa shape index (κ3) is 1.83. The molecule has 1 saturated heterocycles. The summed E-state index contributed by atoms with van der Waals surface area (Å²) in [7, 11) is 0. The minimum Gasteiger partial charge on any atom is -0.397 e. The Labute approximate surface area is 87.9 Å². The summed E-state index contributed by atoms with van der Waals surface area (Å²) in [5.74, 6) is -0.0803. The van der Waals surface area contributed by atoms with Crippen LogP contribution in [0.25, 0.3) is 0 Å². The van der Waals surface area contributed by atoms with Gasteiger partial charge in [0.25, 0.3) is 5.91 Å². The van der Waals surface area contributed by atoms with Gasteiger partial charge in [-0.1, -0.05) is 0 Å². The summed E-state index contributed by atoms with van der Waals surface area (Å²) >= 11 is 0. The predicted molar refractivity (Wildman–Crippen MR) is 56.3 cm³/mol. The van der Waals surface area contributed by atoms with Gasteiger partial charge >= 0.3 is 0 Å². The summed E-state index contributed by atoms with van der Waals surface area (Å²) in [6, 6.07) is 1.58. The van der Waals surface area contributed by atoms with Crippen LogP contribution in [0.3, 0.4) is 0 Å². The van der Waals surface area contributed by atoms with Crippen molar-refractivity contribution in [1.82, 2.24) is 9.88 Å². The second kappa shape index (κ2) is 3.94. The topological polar surface area (TPSA) is 82.4 Å². The number of anilines is 1. The molecule has 0 saturated carbocycles. The molecular weight excluding hydrogens is 194 g/mol. The number of aromatic amines is 1. The first-order valence-electron chi connectivity index (χ1n) is 5.08. The van der Waals surface area contributed by atoms with Crippen molar-refractivity contribution >= 4 is 11.6 Å². The van der Waals surface area contributed by atoms with Crippen LogP contribution < -0.4 is 5.73 Å². The number of H-pyrrole nitrogens is 1. The number of hydrogen-bond acceptors (Lipinski definition) is 3. The molecule has 0 bridgehead atoms. The number of carbonyl (C=O) groups excluding carboxylic acids is 1. The summed E-state index contributed by atoms with van der Waals surface area (Å²) in [4.78, 5) is 16.5. The van der Waals surface area contributed by atoms with Crippen LogP contribution in [-0.2, 0) is 0 Å². The number of likely N-dealkylation sites (tertiary alicyclic amines) is 1. The molecule has 0 aromatic carbocycles. The lowest BCUT2D eigenvalue weighted by molar-refractivity contribution is 0.0672. The Morgan fingerprint density at radius 1 is 1.73 bits per heavy atom. The molecule has 2 rings (SSSR count). The molecule has 1 aromatic heterocycles. The molecule has 0 spiro atoms. The zero-order valence-corrected chi connectivity index (χ0v) is 8.44. The van der Waals surface area contributed by atoms with Crippen molar-refractivity contribution in [1.29, 1.82) is 0 Å². The Morgan fingerprint density at radius 3 is 3.13 bits per heavy atom. The van der Waals surface area contributed by atoms with E-state index in [9.17, 15) is 4.79 Å². The van der Waals surface area contributed by atoms with E-state index in [1.807, 2.05) is 0 Å². The molecule has 1 aliphatic rings. The smallest absolute Gasteiger partial charge is 0.270 e. The molecule has 82 valence electrons. The van der Waals surface area contributed by atoms with Crippen LogP contribution in [0.4, 0.5) is 5.69 Å². The molecule has 5 nitrogen and oxygen atoms in total. The summed E-state index contributed by atoms with van der Waals surface area (Å²) in [6.07, 6.45) is 3.42. The largest absolute Gasteiger partial charge is 0.397 e. The van der Waals surface area contributed by atoms with E-state index in [1.165, 1.54) is 0 Å².